The van der Waals surface area contributed by atoms with Crippen molar-refractivity contribution in [1.82, 2.24) is 19.7 Å². The molecular weight excluding hydrogens is 453 g/mol. The van der Waals surface area contributed by atoms with Crippen LogP contribution in [0.3, 0.4) is 0 Å². The van der Waals surface area contributed by atoms with Gasteiger partial charge in [0, 0.05) is 39.4 Å². The van der Waals surface area contributed by atoms with E-state index in [0.717, 1.165) is 16.8 Å². The average molecular weight is 470 g/mol. The second kappa shape index (κ2) is 9.51. The summed E-state index contributed by atoms with van der Waals surface area (Å²) >= 11 is 13.3. The number of benzene rings is 2. The van der Waals surface area contributed by atoms with Gasteiger partial charge >= 0.3 is 0 Å². The molecule has 1 amide bonds. The number of halogens is 2. The second-order valence-corrected chi connectivity index (χ2v) is 8.52. The number of pyridine rings is 1. The molecular formula is C22H17Cl2N5OS. The van der Waals surface area contributed by atoms with Gasteiger partial charge in [0.1, 0.15) is 0 Å². The maximum atomic E-state index is 12.5. The number of hydrogen-bond acceptors (Lipinski definition) is 5. The van der Waals surface area contributed by atoms with Crippen molar-refractivity contribution in [2.45, 2.75) is 12.1 Å². The number of aromatic nitrogens is 4. The molecule has 4 aromatic rings. The highest BCUT2D eigenvalue weighted by atomic mass is 35.5. The van der Waals surface area contributed by atoms with Gasteiger partial charge in [-0.25, -0.2) is 0 Å². The third-order valence-corrected chi connectivity index (χ3v) is 5.71. The molecule has 0 aliphatic rings. The minimum atomic E-state index is -0.202. The Bertz CT molecular complexity index is 1190. The summed E-state index contributed by atoms with van der Waals surface area (Å²) in [6, 6.07) is 16.7. The fraction of sp³-hybridized carbons (Fsp3) is 0.0909. The summed E-state index contributed by atoms with van der Waals surface area (Å²) in [6.45, 7) is 2.03. The van der Waals surface area contributed by atoms with Gasteiger partial charge in [0.05, 0.1) is 5.75 Å². The molecule has 0 bridgehead atoms. The minimum absolute atomic E-state index is 0.143. The Hall–Kier alpha value is -2.87. The Morgan fingerprint density at radius 1 is 1.00 bits per heavy atom. The van der Waals surface area contributed by atoms with Crippen molar-refractivity contribution in [2.24, 2.45) is 0 Å². The lowest BCUT2D eigenvalue weighted by atomic mass is 10.2. The lowest BCUT2D eigenvalue weighted by Crippen LogP contribution is -2.14. The number of thioether (sulfide) groups is 1. The van der Waals surface area contributed by atoms with E-state index in [2.05, 4.69) is 20.5 Å². The summed E-state index contributed by atoms with van der Waals surface area (Å²) in [7, 11) is 0. The van der Waals surface area contributed by atoms with Crippen LogP contribution in [0.25, 0.3) is 17.1 Å². The number of anilines is 1. The molecule has 0 aliphatic heterocycles. The molecule has 9 heteroatoms. The Kier molecular flexibility index (Phi) is 6.56. The zero-order valence-electron chi connectivity index (χ0n) is 16.4. The van der Waals surface area contributed by atoms with Crippen LogP contribution in [0.15, 0.2) is 72.1 Å². The molecule has 0 unspecified atom stereocenters. The quantitative estimate of drug-likeness (QED) is 0.368. The summed E-state index contributed by atoms with van der Waals surface area (Å²) in [6.07, 6.45) is 3.42. The van der Waals surface area contributed by atoms with Crippen molar-refractivity contribution >= 4 is 46.6 Å². The highest BCUT2D eigenvalue weighted by molar-refractivity contribution is 7.99. The number of nitrogens with zero attached hydrogens (tertiary/aromatic N) is 4. The molecule has 0 saturated carbocycles. The zero-order chi connectivity index (χ0) is 21.8. The molecule has 156 valence electrons. The van der Waals surface area contributed by atoms with Gasteiger partial charge < -0.3 is 5.32 Å². The van der Waals surface area contributed by atoms with Gasteiger partial charge in [0.2, 0.25) is 5.91 Å². The number of amides is 1. The van der Waals surface area contributed by atoms with Gasteiger partial charge in [-0.05, 0) is 49.4 Å². The van der Waals surface area contributed by atoms with E-state index in [-0.39, 0.29) is 11.7 Å². The first-order chi connectivity index (χ1) is 15.0. The number of carbonyl (C=O) groups is 1. The van der Waals surface area contributed by atoms with Crippen LogP contribution >= 0.6 is 35.0 Å². The molecule has 0 radical (unpaired) electrons. The predicted molar refractivity (Wildman–Crippen MR) is 125 cm³/mol. The lowest BCUT2D eigenvalue weighted by Gasteiger charge is -2.11. The van der Waals surface area contributed by atoms with E-state index >= 15 is 0 Å². The van der Waals surface area contributed by atoms with Gasteiger partial charge in [-0.3, -0.25) is 14.3 Å². The van der Waals surface area contributed by atoms with Gasteiger partial charge in [-0.2, -0.15) is 0 Å². The largest absolute Gasteiger partial charge is 0.325 e. The van der Waals surface area contributed by atoms with Crippen LogP contribution in [0.2, 0.25) is 10.0 Å². The van der Waals surface area contributed by atoms with Crippen LogP contribution in [0.1, 0.15) is 5.56 Å². The van der Waals surface area contributed by atoms with Gasteiger partial charge in [0.25, 0.3) is 0 Å². The molecule has 1 N–H and O–H groups in total. The number of aryl methyl sites for hydroxylation is 1. The molecule has 0 aliphatic carbocycles. The summed E-state index contributed by atoms with van der Waals surface area (Å²) in [5.74, 6) is 0.618. The molecule has 2 aromatic heterocycles. The molecule has 2 aromatic carbocycles. The number of rotatable bonds is 6. The first-order valence-corrected chi connectivity index (χ1v) is 11.1. The molecule has 2 heterocycles. The maximum absolute atomic E-state index is 12.5. The molecule has 4 rings (SSSR count). The average Bonchev–Trinajstić information content (AvgIpc) is 3.17. The van der Waals surface area contributed by atoms with Gasteiger partial charge in [-0.15, -0.1) is 10.2 Å². The lowest BCUT2D eigenvalue weighted by molar-refractivity contribution is -0.113. The van der Waals surface area contributed by atoms with E-state index < -0.39 is 0 Å². The molecule has 0 spiro atoms. The number of nitrogens with one attached hydrogen (secondary N) is 1. The first-order valence-electron chi connectivity index (χ1n) is 9.31. The second-order valence-electron chi connectivity index (χ2n) is 6.71. The van der Waals surface area contributed by atoms with Crippen molar-refractivity contribution in [3.8, 4) is 17.1 Å². The summed E-state index contributed by atoms with van der Waals surface area (Å²) < 4.78 is 1.93. The SMILES string of the molecule is Cc1ccc(-n2c(SCC(=O)Nc3cc(Cl)cc(Cl)c3)nnc2-c2ccncc2)cc1. The highest BCUT2D eigenvalue weighted by Gasteiger charge is 2.17. The highest BCUT2D eigenvalue weighted by Crippen LogP contribution is 2.28. The minimum Gasteiger partial charge on any atom is -0.325 e. The van der Waals surface area contributed by atoms with E-state index in [9.17, 15) is 4.79 Å². The van der Waals surface area contributed by atoms with E-state index in [0.29, 0.717) is 26.7 Å². The smallest absolute Gasteiger partial charge is 0.234 e. The van der Waals surface area contributed by atoms with Crippen molar-refractivity contribution in [2.75, 3.05) is 11.1 Å². The van der Waals surface area contributed by atoms with Crippen molar-refractivity contribution in [3.05, 3.63) is 82.6 Å². The van der Waals surface area contributed by atoms with Crippen LogP contribution in [-0.2, 0) is 4.79 Å². The Labute approximate surface area is 193 Å². The molecule has 6 nitrogen and oxygen atoms in total. The molecule has 31 heavy (non-hydrogen) atoms. The monoisotopic (exact) mass is 469 g/mol. The summed E-state index contributed by atoms with van der Waals surface area (Å²) in [5.41, 5.74) is 3.48. The number of hydrogen-bond donors (Lipinski definition) is 1. The first kappa shape index (κ1) is 21.4. The topological polar surface area (TPSA) is 72.7 Å². The van der Waals surface area contributed by atoms with Crippen molar-refractivity contribution in [3.63, 3.8) is 0 Å². The van der Waals surface area contributed by atoms with Crippen LogP contribution in [0, 0.1) is 6.92 Å². The van der Waals surface area contributed by atoms with Crippen molar-refractivity contribution < 1.29 is 4.79 Å². The van der Waals surface area contributed by atoms with Gasteiger partial charge in [-0.1, -0.05) is 52.7 Å². The fourth-order valence-electron chi connectivity index (χ4n) is 2.93. The van der Waals surface area contributed by atoms with E-state index in [1.807, 2.05) is 47.9 Å². The third kappa shape index (κ3) is 5.25. The van der Waals surface area contributed by atoms with Gasteiger partial charge in [0.15, 0.2) is 11.0 Å². The van der Waals surface area contributed by atoms with Crippen LogP contribution < -0.4 is 5.32 Å². The van der Waals surface area contributed by atoms with Crippen LogP contribution in [-0.4, -0.2) is 31.4 Å². The standard InChI is InChI=1S/C22H17Cl2N5OS/c1-14-2-4-19(5-3-14)29-21(15-6-8-25-9-7-15)27-28-22(29)31-13-20(30)26-18-11-16(23)10-17(24)12-18/h2-12H,13H2,1H3,(H,26,30). The normalized spacial score (nSPS) is 10.8. The summed E-state index contributed by atoms with van der Waals surface area (Å²) in [5, 5.41) is 13.0. The summed E-state index contributed by atoms with van der Waals surface area (Å²) in [4.78, 5) is 16.6. The van der Waals surface area contributed by atoms with E-state index in [1.165, 1.54) is 11.8 Å². The molecule has 0 fully saturated rings. The van der Waals surface area contributed by atoms with Crippen molar-refractivity contribution in [1.29, 1.82) is 0 Å². The van der Waals surface area contributed by atoms with Crippen LogP contribution in [0.4, 0.5) is 5.69 Å². The van der Waals surface area contributed by atoms with Crippen LogP contribution in [0.5, 0.6) is 0 Å². The van der Waals surface area contributed by atoms with E-state index in [4.69, 9.17) is 23.2 Å². The Morgan fingerprint density at radius 2 is 1.68 bits per heavy atom. The molecule has 0 atom stereocenters. The zero-order valence-corrected chi connectivity index (χ0v) is 18.7. The molecule has 0 saturated heterocycles. The Balaban J connectivity index is 1.58. The third-order valence-electron chi connectivity index (χ3n) is 4.34. The fourth-order valence-corrected chi connectivity index (χ4v) is 4.21. The Morgan fingerprint density at radius 3 is 2.35 bits per heavy atom. The number of carbonyl (C=O) groups excluding carboxylic acids is 1. The maximum Gasteiger partial charge on any atom is 0.234 e. The van der Waals surface area contributed by atoms with E-state index in [1.54, 1.807) is 30.6 Å². The predicted octanol–water partition coefficient (Wildman–Crippen LogP) is 5.68.